The molecule has 3 rings (SSSR count). The molecule has 1 heterocycles. The summed E-state index contributed by atoms with van der Waals surface area (Å²) >= 11 is 0. The molecule has 0 bridgehead atoms. The van der Waals surface area contributed by atoms with Crippen LogP contribution in [-0.2, 0) is 10.4 Å². The van der Waals surface area contributed by atoms with E-state index in [2.05, 4.69) is 31.2 Å². The second-order valence-corrected chi connectivity index (χ2v) is 6.28. The molecule has 23 heavy (non-hydrogen) atoms. The van der Waals surface area contributed by atoms with Crippen molar-refractivity contribution in [3.8, 4) is 5.75 Å². The predicted octanol–water partition coefficient (Wildman–Crippen LogP) is 3.91. The quantitative estimate of drug-likeness (QED) is 0.860. The van der Waals surface area contributed by atoms with E-state index >= 15 is 0 Å². The molecular formula is C20H23NO2. The van der Waals surface area contributed by atoms with Crippen LogP contribution in [0.2, 0.25) is 0 Å². The summed E-state index contributed by atoms with van der Waals surface area (Å²) in [6.45, 7) is 5.19. The number of nitrogens with zero attached hydrogens (tertiary/aromatic N) is 1. The monoisotopic (exact) mass is 309 g/mol. The van der Waals surface area contributed by atoms with Crippen LogP contribution in [0.5, 0.6) is 5.75 Å². The summed E-state index contributed by atoms with van der Waals surface area (Å²) in [5, 5.41) is 0. The van der Waals surface area contributed by atoms with Gasteiger partial charge >= 0.3 is 0 Å². The Kier molecular flexibility index (Phi) is 4.37. The Bertz CT molecular complexity index is 656. The van der Waals surface area contributed by atoms with Crippen LogP contribution in [0.1, 0.15) is 30.9 Å². The zero-order valence-corrected chi connectivity index (χ0v) is 13.8. The van der Waals surface area contributed by atoms with E-state index in [0.29, 0.717) is 0 Å². The molecule has 1 saturated heterocycles. The third-order valence-corrected chi connectivity index (χ3v) is 4.65. The lowest BCUT2D eigenvalue weighted by Crippen LogP contribution is -2.47. The van der Waals surface area contributed by atoms with Crippen molar-refractivity contribution < 1.29 is 9.53 Å². The molecule has 1 fully saturated rings. The molecule has 0 aliphatic carbocycles. The van der Waals surface area contributed by atoms with Crippen LogP contribution in [-0.4, -0.2) is 23.9 Å². The number of benzene rings is 2. The molecule has 1 aliphatic rings. The van der Waals surface area contributed by atoms with E-state index < -0.39 is 0 Å². The lowest BCUT2D eigenvalue weighted by molar-refractivity contribution is -0.132. The van der Waals surface area contributed by atoms with Crippen LogP contribution in [0.15, 0.2) is 54.6 Å². The maximum atomic E-state index is 11.6. The molecule has 3 nitrogen and oxygen atoms in total. The van der Waals surface area contributed by atoms with E-state index in [4.69, 9.17) is 4.74 Å². The minimum Gasteiger partial charge on any atom is -0.482 e. The first-order valence-corrected chi connectivity index (χ1v) is 8.16. The van der Waals surface area contributed by atoms with Crippen LogP contribution in [0, 0.1) is 6.92 Å². The van der Waals surface area contributed by atoms with Gasteiger partial charge in [0, 0.05) is 32.9 Å². The third-order valence-electron chi connectivity index (χ3n) is 4.65. The van der Waals surface area contributed by atoms with Gasteiger partial charge in [0.25, 0.3) is 0 Å². The van der Waals surface area contributed by atoms with E-state index in [1.54, 1.807) is 6.92 Å². The van der Waals surface area contributed by atoms with Gasteiger partial charge in [-0.05, 0) is 24.6 Å². The molecule has 3 heteroatoms. The minimum atomic E-state index is -0.360. The number of piperidine rings is 1. The second kappa shape index (κ2) is 6.45. The van der Waals surface area contributed by atoms with Crippen molar-refractivity contribution >= 4 is 5.91 Å². The van der Waals surface area contributed by atoms with E-state index in [9.17, 15) is 4.79 Å². The van der Waals surface area contributed by atoms with Gasteiger partial charge in [0.1, 0.15) is 11.4 Å². The lowest BCUT2D eigenvalue weighted by atomic mass is 9.83. The van der Waals surface area contributed by atoms with Gasteiger partial charge < -0.3 is 9.64 Å². The van der Waals surface area contributed by atoms with Gasteiger partial charge in [-0.2, -0.15) is 0 Å². The van der Waals surface area contributed by atoms with E-state index in [-0.39, 0.29) is 11.5 Å². The number of rotatable bonds is 3. The summed E-state index contributed by atoms with van der Waals surface area (Å²) in [6, 6.07) is 18.5. The maximum Gasteiger partial charge on any atom is 0.219 e. The molecule has 0 unspecified atom stereocenters. The Morgan fingerprint density at radius 1 is 1.00 bits per heavy atom. The van der Waals surface area contributed by atoms with Gasteiger partial charge in [-0.1, -0.05) is 48.0 Å². The first kappa shape index (κ1) is 15.6. The largest absolute Gasteiger partial charge is 0.482 e. The average Bonchev–Trinajstić information content (AvgIpc) is 2.57. The smallest absolute Gasteiger partial charge is 0.219 e. The van der Waals surface area contributed by atoms with Crippen molar-refractivity contribution in [1.29, 1.82) is 0 Å². The summed E-state index contributed by atoms with van der Waals surface area (Å²) < 4.78 is 6.46. The molecule has 1 amide bonds. The number of likely N-dealkylation sites (tertiary alicyclic amines) is 1. The average molecular weight is 309 g/mol. The number of carbonyl (C=O) groups excluding carboxylic acids is 1. The molecule has 1 aliphatic heterocycles. The number of ether oxygens (including phenoxy) is 1. The molecule has 0 saturated carbocycles. The SMILES string of the molecule is CC(=O)N1CCC(Oc2ccccc2)(c2ccc(C)cc2)CC1. The first-order chi connectivity index (χ1) is 11.1. The van der Waals surface area contributed by atoms with E-state index in [0.717, 1.165) is 31.7 Å². The molecule has 0 radical (unpaired) electrons. The Hall–Kier alpha value is -2.29. The van der Waals surface area contributed by atoms with Crippen molar-refractivity contribution in [3.05, 3.63) is 65.7 Å². The van der Waals surface area contributed by atoms with Gasteiger partial charge in [-0.3, -0.25) is 4.79 Å². The van der Waals surface area contributed by atoms with Crippen LogP contribution in [0.3, 0.4) is 0 Å². The van der Waals surface area contributed by atoms with Gasteiger partial charge in [0.15, 0.2) is 0 Å². The number of para-hydroxylation sites is 1. The summed E-state index contributed by atoms with van der Waals surface area (Å²) in [4.78, 5) is 13.5. The Morgan fingerprint density at radius 3 is 2.17 bits per heavy atom. The van der Waals surface area contributed by atoms with Crippen molar-refractivity contribution in [2.75, 3.05) is 13.1 Å². The number of amides is 1. The Labute approximate surface area is 137 Å². The van der Waals surface area contributed by atoms with Crippen LogP contribution in [0.25, 0.3) is 0 Å². The fourth-order valence-electron chi connectivity index (χ4n) is 3.20. The lowest BCUT2D eigenvalue weighted by Gasteiger charge is -2.42. The minimum absolute atomic E-state index is 0.141. The van der Waals surface area contributed by atoms with Crippen molar-refractivity contribution in [2.45, 2.75) is 32.3 Å². The van der Waals surface area contributed by atoms with Crippen molar-refractivity contribution in [2.24, 2.45) is 0 Å². The van der Waals surface area contributed by atoms with Gasteiger partial charge in [-0.25, -0.2) is 0 Å². The summed E-state index contributed by atoms with van der Waals surface area (Å²) in [7, 11) is 0. The van der Waals surface area contributed by atoms with Crippen LogP contribution < -0.4 is 4.74 Å². The fourth-order valence-corrected chi connectivity index (χ4v) is 3.20. The third kappa shape index (κ3) is 3.39. The highest BCUT2D eigenvalue weighted by atomic mass is 16.5. The summed E-state index contributed by atoms with van der Waals surface area (Å²) in [6.07, 6.45) is 1.62. The van der Waals surface area contributed by atoms with Crippen molar-refractivity contribution in [3.63, 3.8) is 0 Å². The molecule has 2 aromatic rings. The van der Waals surface area contributed by atoms with Gasteiger partial charge in [0.05, 0.1) is 0 Å². The molecule has 2 aromatic carbocycles. The highest BCUT2D eigenvalue weighted by molar-refractivity contribution is 5.73. The highest BCUT2D eigenvalue weighted by Gasteiger charge is 2.39. The molecular weight excluding hydrogens is 286 g/mol. The van der Waals surface area contributed by atoms with Gasteiger partial charge in [-0.15, -0.1) is 0 Å². The molecule has 0 aromatic heterocycles. The number of carbonyl (C=O) groups is 1. The number of aryl methyl sites for hydroxylation is 1. The fraction of sp³-hybridized carbons (Fsp3) is 0.350. The zero-order chi connectivity index (χ0) is 16.3. The normalized spacial score (nSPS) is 16.9. The predicted molar refractivity (Wildman–Crippen MR) is 91.4 cm³/mol. The van der Waals surface area contributed by atoms with Crippen LogP contribution in [0.4, 0.5) is 0 Å². The topological polar surface area (TPSA) is 29.5 Å². The molecule has 0 spiro atoms. The standard InChI is InChI=1S/C20H23NO2/c1-16-8-10-18(11-9-16)20(23-19-6-4-3-5-7-19)12-14-21(15-13-20)17(2)22/h3-11H,12-15H2,1-2H3. The maximum absolute atomic E-state index is 11.6. The highest BCUT2D eigenvalue weighted by Crippen LogP contribution is 2.38. The van der Waals surface area contributed by atoms with Crippen LogP contribution >= 0.6 is 0 Å². The second-order valence-electron chi connectivity index (χ2n) is 6.28. The molecule has 120 valence electrons. The Balaban J connectivity index is 1.90. The van der Waals surface area contributed by atoms with E-state index in [1.807, 2.05) is 35.2 Å². The first-order valence-electron chi connectivity index (χ1n) is 8.16. The Morgan fingerprint density at radius 2 is 1.61 bits per heavy atom. The number of hydrogen-bond acceptors (Lipinski definition) is 2. The zero-order valence-electron chi connectivity index (χ0n) is 13.8. The summed E-state index contributed by atoms with van der Waals surface area (Å²) in [5.74, 6) is 1.02. The van der Waals surface area contributed by atoms with Gasteiger partial charge in [0.2, 0.25) is 5.91 Å². The molecule has 0 N–H and O–H groups in total. The number of hydrogen-bond donors (Lipinski definition) is 0. The van der Waals surface area contributed by atoms with Crippen molar-refractivity contribution in [1.82, 2.24) is 4.90 Å². The molecule has 0 atom stereocenters. The van der Waals surface area contributed by atoms with E-state index in [1.165, 1.54) is 11.1 Å². The summed E-state index contributed by atoms with van der Waals surface area (Å²) in [5.41, 5.74) is 2.07.